The minimum atomic E-state index is -0.490. The van der Waals surface area contributed by atoms with E-state index >= 15 is 0 Å². The lowest BCUT2D eigenvalue weighted by Gasteiger charge is -2.04. The van der Waals surface area contributed by atoms with Gasteiger partial charge in [0.2, 0.25) is 0 Å². The maximum atomic E-state index is 11.5. The molecule has 0 heterocycles. The van der Waals surface area contributed by atoms with Crippen molar-refractivity contribution in [3.8, 4) is 11.8 Å². The van der Waals surface area contributed by atoms with Gasteiger partial charge in [0.15, 0.2) is 0 Å². The van der Waals surface area contributed by atoms with Crippen LogP contribution in [0.1, 0.15) is 16.7 Å². The first-order chi connectivity index (χ1) is 10.7. The number of benzene rings is 2. The number of alkyl carbamates (subject to hydrolysis) is 1. The number of carbonyl (C=O) groups excluding carboxylic acids is 1. The van der Waals surface area contributed by atoms with Gasteiger partial charge in [0, 0.05) is 5.56 Å². The summed E-state index contributed by atoms with van der Waals surface area (Å²) >= 11 is 0. The lowest BCUT2D eigenvalue weighted by atomic mass is 10.1. The zero-order valence-corrected chi connectivity index (χ0v) is 12.4. The van der Waals surface area contributed by atoms with Gasteiger partial charge >= 0.3 is 6.09 Å². The molecule has 22 heavy (non-hydrogen) atoms. The van der Waals surface area contributed by atoms with Crippen LogP contribution in [0.5, 0.6) is 0 Å². The highest BCUT2D eigenvalue weighted by Gasteiger charge is 2.00. The van der Waals surface area contributed by atoms with Crippen molar-refractivity contribution < 1.29 is 9.53 Å². The number of rotatable bonds is 3. The normalized spacial score (nSPS) is 9.50. The third-order valence-electron chi connectivity index (χ3n) is 3.08. The fraction of sp³-hybridized carbons (Fsp3) is 0.167. The molecule has 0 fully saturated rings. The van der Waals surface area contributed by atoms with E-state index in [0.29, 0.717) is 5.69 Å². The van der Waals surface area contributed by atoms with Crippen molar-refractivity contribution >= 4 is 11.8 Å². The Labute approximate surface area is 130 Å². The highest BCUT2D eigenvalue weighted by Crippen LogP contribution is 2.14. The molecule has 0 aliphatic rings. The van der Waals surface area contributed by atoms with Gasteiger partial charge in [0.1, 0.15) is 6.61 Å². The van der Waals surface area contributed by atoms with Gasteiger partial charge in [-0.2, -0.15) is 0 Å². The third-order valence-corrected chi connectivity index (χ3v) is 3.08. The molecule has 0 radical (unpaired) electrons. The number of para-hydroxylation sites is 1. The van der Waals surface area contributed by atoms with Crippen LogP contribution in [0, 0.1) is 18.8 Å². The second-order valence-corrected chi connectivity index (χ2v) is 4.75. The van der Waals surface area contributed by atoms with Gasteiger partial charge < -0.3 is 15.8 Å². The molecule has 2 aromatic carbocycles. The van der Waals surface area contributed by atoms with Crippen LogP contribution >= 0.6 is 0 Å². The number of amides is 1. The highest BCUT2D eigenvalue weighted by atomic mass is 16.5. The van der Waals surface area contributed by atoms with Crippen LogP contribution in [0.3, 0.4) is 0 Å². The first-order valence-electron chi connectivity index (χ1n) is 6.95. The molecule has 0 saturated heterocycles. The number of ether oxygens (including phenoxy) is 1. The molecule has 0 aromatic heterocycles. The first-order valence-corrected chi connectivity index (χ1v) is 6.95. The summed E-state index contributed by atoms with van der Waals surface area (Å²) in [4.78, 5) is 11.5. The topological polar surface area (TPSA) is 64.3 Å². The number of carbonyl (C=O) groups is 1. The number of hydrogen-bond donors (Lipinski definition) is 2. The molecule has 4 nitrogen and oxygen atoms in total. The Morgan fingerprint density at radius 2 is 1.95 bits per heavy atom. The Morgan fingerprint density at radius 1 is 1.18 bits per heavy atom. The van der Waals surface area contributed by atoms with Crippen LogP contribution in [-0.4, -0.2) is 12.6 Å². The van der Waals surface area contributed by atoms with E-state index in [1.165, 1.54) is 0 Å². The Hall–Kier alpha value is -2.93. The van der Waals surface area contributed by atoms with Crippen LogP contribution in [0.2, 0.25) is 0 Å². The number of aryl methyl sites for hydroxylation is 1. The summed E-state index contributed by atoms with van der Waals surface area (Å²) in [5.41, 5.74) is 9.28. The summed E-state index contributed by atoms with van der Waals surface area (Å²) in [5, 5.41) is 2.58. The average Bonchev–Trinajstić information content (AvgIpc) is 2.54. The second kappa shape index (κ2) is 7.75. The van der Waals surface area contributed by atoms with Crippen molar-refractivity contribution in [3.63, 3.8) is 0 Å². The molecule has 0 spiro atoms. The predicted octanol–water partition coefficient (Wildman–Crippen LogP) is 2.86. The zero-order valence-electron chi connectivity index (χ0n) is 12.4. The quantitative estimate of drug-likeness (QED) is 0.676. The van der Waals surface area contributed by atoms with E-state index in [-0.39, 0.29) is 13.2 Å². The molecule has 1 amide bonds. The largest absolute Gasteiger partial charge is 0.445 e. The number of nitrogens with two attached hydrogens (primary N) is 1. The molecule has 2 aromatic rings. The summed E-state index contributed by atoms with van der Waals surface area (Å²) in [6.45, 7) is 2.38. The summed E-state index contributed by atoms with van der Waals surface area (Å²) in [6.07, 6.45) is -0.490. The van der Waals surface area contributed by atoms with Crippen molar-refractivity contribution in [1.29, 1.82) is 0 Å². The molecule has 0 bridgehead atoms. The van der Waals surface area contributed by atoms with E-state index < -0.39 is 6.09 Å². The van der Waals surface area contributed by atoms with Crippen molar-refractivity contribution in [2.75, 3.05) is 12.3 Å². The maximum absolute atomic E-state index is 11.5. The molecular weight excluding hydrogens is 276 g/mol. The van der Waals surface area contributed by atoms with E-state index in [1.807, 2.05) is 55.5 Å². The summed E-state index contributed by atoms with van der Waals surface area (Å²) in [6, 6.07) is 15.2. The van der Waals surface area contributed by atoms with Crippen molar-refractivity contribution in [2.45, 2.75) is 13.5 Å². The van der Waals surface area contributed by atoms with Gasteiger partial charge in [-0.05, 0) is 24.1 Å². The van der Waals surface area contributed by atoms with Crippen molar-refractivity contribution in [1.82, 2.24) is 5.32 Å². The van der Waals surface area contributed by atoms with E-state index in [1.54, 1.807) is 0 Å². The molecule has 2 rings (SSSR count). The SMILES string of the molecule is Cc1cccc(C#CCNC(=O)OCc2ccccc2)c1N. The Balaban J connectivity index is 1.78. The fourth-order valence-electron chi connectivity index (χ4n) is 1.82. The Bertz CT molecular complexity index is 700. The predicted molar refractivity (Wildman–Crippen MR) is 87.1 cm³/mol. The van der Waals surface area contributed by atoms with Crippen molar-refractivity contribution in [2.24, 2.45) is 0 Å². The molecule has 112 valence electrons. The monoisotopic (exact) mass is 294 g/mol. The van der Waals surface area contributed by atoms with Crippen LogP contribution in [0.25, 0.3) is 0 Å². The molecule has 0 saturated carbocycles. The van der Waals surface area contributed by atoms with Crippen LogP contribution in [0.15, 0.2) is 48.5 Å². The zero-order chi connectivity index (χ0) is 15.8. The molecule has 0 unspecified atom stereocenters. The number of anilines is 1. The van der Waals surface area contributed by atoms with E-state index in [4.69, 9.17) is 10.5 Å². The minimum absolute atomic E-state index is 0.209. The number of hydrogen-bond acceptors (Lipinski definition) is 3. The summed E-state index contributed by atoms with van der Waals surface area (Å²) < 4.78 is 5.08. The van der Waals surface area contributed by atoms with Crippen LogP contribution in [0.4, 0.5) is 10.5 Å². The first kappa shape index (κ1) is 15.5. The highest BCUT2D eigenvalue weighted by molar-refractivity contribution is 5.67. The Morgan fingerprint density at radius 3 is 2.73 bits per heavy atom. The number of nitrogen functional groups attached to an aromatic ring is 1. The lowest BCUT2D eigenvalue weighted by molar-refractivity contribution is 0.141. The molecule has 0 aliphatic heterocycles. The maximum Gasteiger partial charge on any atom is 0.408 e. The average molecular weight is 294 g/mol. The van der Waals surface area contributed by atoms with Crippen LogP contribution in [-0.2, 0) is 11.3 Å². The van der Waals surface area contributed by atoms with Gasteiger partial charge in [-0.15, -0.1) is 0 Å². The molecule has 3 N–H and O–H groups in total. The van der Waals surface area contributed by atoms with Gasteiger partial charge in [0.05, 0.1) is 12.2 Å². The van der Waals surface area contributed by atoms with Gasteiger partial charge in [-0.1, -0.05) is 54.3 Å². The number of nitrogens with one attached hydrogen (secondary N) is 1. The molecular formula is C18H18N2O2. The standard InChI is InChI=1S/C18H18N2O2/c1-14-7-5-10-16(17(14)19)11-6-12-20-18(21)22-13-15-8-3-2-4-9-15/h2-5,7-10H,12-13,19H2,1H3,(H,20,21). The Kier molecular flexibility index (Phi) is 5.44. The fourth-order valence-corrected chi connectivity index (χ4v) is 1.82. The van der Waals surface area contributed by atoms with Crippen LogP contribution < -0.4 is 11.1 Å². The molecule has 0 aliphatic carbocycles. The molecule has 0 atom stereocenters. The van der Waals surface area contributed by atoms with E-state index in [0.717, 1.165) is 16.7 Å². The lowest BCUT2D eigenvalue weighted by Crippen LogP contribution is -2.24. The smallest absolute Gasteiger partial charge is 0.408 e. The van der Waals surface area contributed by atoms with Gasteiger partial charge in [0.25, 0.3) is 0 Å². The minimum Gasteiger partial charge on any atom is -0.445 e. The molecule has 4 heteroatoms. The summed E-state index contributed by atoms with van der Waals surface area (Å²) in [7, 11) is 0. The van der Waals surface area contributed by atoms with E-state index in [2.05, 4.69) is 17.2 Å². The van der Waals surface area contributed by atoms with Crippen molar-refractivity contribution in [3.05, 3.63) is 65.2 Å². The van der Waals surface area contributed by atoms with Gasteiger partial charge in [-0.25, -0.2) is 4.79 Å². The summed E-state index contributed by atoms with van der Waals surface area (Å²) in [5.74, 6) is 5.79. The third kappa shape index (κ3) is 4.57. The van der Waals surface area contributed by atoms with Gasteiger partial charge in [-0.3, -0.25) is 0 Å². The second-order valence-electron chi connectivity index (χ2n) is 4.75. The van der Waals surface area contributed by atoms with E-state index in [9.17, 15) is 4.79 Å².